The zero-order valence-corrected chi connectivity index (χ0v) is 14.1. The number of hydrogen-bond donors (Lipinski definition) is 0. The van der Waals surface area contributed by atoms with Gasteiger partial charge in [0.25, 0.3) is 0 Å². The molecule has 1 heterocycles. The molecule has 0 N–H and O–H groups in total. The number of anilines is 1. The van der Waals surface area contributed by atoms with Gasteiger partial charge in [0, 0.05) is 9.26 Å². The number of amides is 1. The lowest BCUT2D eigenvalue weighted by atomic mass is 9.91. The summed E-state index contributed by atoms with van der Waals surface area (Å²) in [6, 6.07) is 17.8. The van der Waals surface area contributed by atoms with Crippen LogP contribution < -0.4 is 4.90 Å². The fourth-order valence-electron chi connectivity index (χ4n) is 2.79. The summed E-state index contributed by atoms with van der Waals surface area (Å²) in [5.41, 5.74) is 1.37. The lowest BCUT2D eigenvalue weighted by Gasteiger charge is -2.29. The van der Waals surface area contributed by atoms with Crippen LogP contribution in [0.25, 0.3) is 0 Å². The van der Waals surface area contributed by atoms with Crippen molar-refractivity contribution < 1.29 is 9.53 Å². The molecule has 1 aliphatic rings. The first-order valence-corrected chi connectivity index (χ1v) is 7.89. The Labute approximate surface area is 138 Å². The van der Waals surface area contributed by atoms with Gasteiger partial charge in [0.05, 0.1) is 0 Å². The Bertz CT molecular complexity index is 652. The number of carbonyl (C=O) groups excluding carboxylic acids is 1. The van der Waals surface area contributed by atoms with Crippen molar-refractivity contribution >= 4 is 34.4 Å². The number of halogens is 1. The minimum Gasteiger partial charge on any atom is -0.441 e. The van der Waals surface area contributed by atoms with Crippen molar-refractivity contribution in [2.75, 3.05) is 4.90 Å². The van der Waals surface area contributed by atoms with Gasteiger partial charge in [-0.05, 0) is 66.3 Å². The second-order valence-electron chi connectivity index (χ2n) is 5.63. The Kier molecular flexibility index (Phi) is 3.65. The average Bonchev–Trinajstić information content (AvgIpc) is 2.70. The number of benzene rings is 2. The molecule has 4 heteroatoms. The molecule has 1 amide bonds. The van der Waals surface area contributed by atoms with Crippen LogP contribution in [0.15, 0.2) is 54.6 Å². The quantitative estimate of drug-likeness (QED) is 0.689. The average molecular weight is 393 g/mol. The molecule has 108 valence electrons. The molecule has 0 spiro atoms. The molecule has 2 aromatic rings. The van der Waals surface area contributed by atoms with E-state index < -0.39 is 5.60 Å². The predicted octanol–water partition coefficient (Wildman–Crippen LogP) is 4.77. The molecule has 1 atom stereocenters. The van der Waals surface area contributed by atoms with Crippen molar-refractivity contribution in [2.24, 2.45) is 0 Å². The highest BCUT2D eigenvalue weighted by molar-refractivity contribution is 14.1. The third-order valence-corrected chi connectivity index (χ3v) is 4.40. The molecule has 3 rings (SSSR count). The maximum atomic E-state index is 12.4. The highest BCUT2D eigenvalue weighted by Gasteiger charge is 2.49. The molecular weight excluding hydrogens is 377 g/mol. The maximum Gasteiger partial charge on any atom is 0.415 e. The molecule has 0 aliphatic carbocycles. The van der Waals surface area contributed by atoms with Gasteiger partial charge >= 0.3 is 6.09 Å². The molecule has 0 radical (unpaired) electrons. The van der Waals surface area contributed by atoms with E-state index in [1.54, 1.807) is 4.90 Å². The third-order valence-electron chi connectivity index (χ3n) is 3.68. The number of cyclic esters (lactones) is 1. The van der Waals surface area contributed by atoms with Crippen LogP contribution in [0.1, 0.15) is 25.5 Å². The van der Waals surface area contributed by atoms with E-state index in [2.05, 4.69) is 22.6 Å². The van der Waals surface area contributed by atoms with Crippen LogP contribution in [0.4, 0.5) is 10.5 Å². The molecule has 21 heavy (non-hydrogen) atoms. The lowest BCUT2D eigenvalue weighted by Crippen LogP contribution is -2.33. The molecule has 0 bridgehead atoms. The molecule has 0 saturated carbocycles. The van der Waals surface area contributed by atoms with Gasteiger partial charge in [-0.15, -0.1) is 0 Å². The fourth-order valence-corrected chi connectivity index (χ4v) is 3.15. The van der Waals surface area contributed by atoms with E-state index >= 15 is 0 Å². The molecule has 3 nitrogen and oxygen atoms in total. The summed E-state index contributed by atoms with van der Waals surface area (Å²) < 4.78 is 6.74. The molecule has 1 unspecified atom stereocenters. The highest BCUT2D eigenvalue weighted by atomic mass is 127. The van der Waals surface area contributed by atoms with E-state index in [0.29, 0.717) is 0 Å². The first kappa shape index (κ1) is 14.4. The highest BCUT2D eigenvalue weighted by Crippen LogP contribution is 2.43. The van der Waals surface area contributed by atoms with Crippen molar-refractivity contribution in [3.8, 4) is 0 Å². The lowest BCUT2D eigenvalue weighted by molar-refractivity contribution is 0.0685. The Morgan fingerprint density at radius 1 is 1.05 bits per heavy atom. The van der Waals surface area contributed by atoms with Crippen LogP contribution in [0.5, 0.6) is 0 Å². The Morgan fingerprint density at radius 2 is 1.67 bits per heavy atom. The van der Waals surface area contributed by atoms with Crippen molar-refractivity contribution in [1.29, 1.82) is 0 Å². The number of nitrogens with zero attached hydrogens (tertiary/aromatic N) is 1. The van der Waals surface area contributed by atoms with Gasteiger partial charge in [-0.3, -0.25) is 4.90 Å². The van der Waals surface area contributed by atoms with Gasteiger partial charge in [0.1, 0.15) is 11.6 Å². The van der Waals surface area contributed by atoms with Crippen LogP contribution in [0, 0.1) is 3.57 Å². The number of hydrogen-bond acceptors (Lipinski definition) is 2. The second kappa shape index (κ2) is 5.33. The van der Waals surface area contributed by atoms with Gasteiger partial charge in [-0.2, -0.15) is 0 Å². The number of ether oxygens (including phenoxy) is 1. The van der Waals surface area contributed by atoms with Crippen LogP contribution >= 0.6 is 22.6 Å². The first-order chi connectivity index (χ1) is 9.99. The molecular formula is C17H16INO2. The first-order valence-electron chi connectivity index (χ1n) is 6.82. The van der Waals surface area contributed by atoms with E-state index in [0.717, 1.165) is 14.8 Å². The molecule has 0 aromatic heterocycles. The van der Waals surface area contributed by atoms with Crippen LogP contribution in [0.2, 0.25) is 0 Å². The number of rotatable bonds is 2. The standard InChI is InChI=1S/C17H16INO2/c1-17(2)15(12-6-4-3-5-7-12)19(16(20)21-17)14-10-8-13(18)9-11-14/h3-11,15H,1-2H3. The summed E-state index contributed by atoms with van der Waals surface area (Å²) in [5, 5.41) is 0. The summed E-state index contributed by atoms with van der Waals surface area (Å²) in [6.45, 7) is 3.91. The van der Waals surface area contributed by atoms with Crippen LogP contribution in [-0.4, -0.2) is 11.7 Å². The van der Waals surface area contributed by atoms with E-state index in [9.17, 15) is 4.79 Å². The summed E-state index contributed by atoms with van der Waals surface area (Å²) >= 11 is 2.25. The van der Waals surface area contributed by atoms with Crippen molar-refractivity contribution in [3.05, 3.63) is 63.7 Å². The summed E-state index contributed by atoms with van der Waals surface area (Å²) in [6.07, 6.45) is -0.296. The zero-order valence-electron chi connectivity index (χ0n) is 11.9. The second-order valence-corrected chi connectivity index (χ2v) is 6.88. The molecule has 2 aromatic carbocycles. The van der Waals surface area contributed by atoms with Crippen LogP contribution in [0.3, 0.4) is 0 Å². The smallest absolute Gasteiger partial charge is 0.415 e. The molecule has 1 fully saturated rings. The fraction of sp³-hybridized carbons (Fsp3) is 0.235. The van der Waals surface area contributed by atoms with Gasteiger partial charge in [-0.1, -0.05) is 30.3 Å². The van der Waals surface area contributed by atoms with Crippen molar-refractivity contribution in [3.63, 3.8) is 0 Å². The Hall–Kier alpha value is -1.56. The van der Waals surface area contributed by atoms with Gasteiger partial charge in [0.2, 0.25) is 0 Å². The maximum absolute atomic E-state index is 12.4. The van der Waals surface area contributed by atoms with E-state index in [1.807, 2.05) is 68.4 Å². The van der Waals surface area contributed by atoms with Gasteiger partial charge in [-0.25, -0.2) is 4.79 Å². The monoisotopic (exact) mass is 393 g/mol. The summed E-state index contributed by atoms with van der Waals surface area (Å²) in [4.78, 5) is 14.1. The van der Waals surface area contributed by atoms with Crippen LogP contribution in [-0.2, 0) is 4.74 Å². The normalized spacial score (nSPS) is 20.4. The topological polar surface area (TPSA) is 29.5 Å². The van der Waals surface area contributed by atoms with Gasteiger partial charge < -0.3 is 4.74 Å². The largest absolute Gasteiger partial charge is 0.441 e. The van der Waals surface area contributed by atoms with Crippen molar-refractivity contribution in [2.45, 2.75) is 25.5 Å². The Morgan fingerprint density at radius 3 is 2.29 bits per heavy atom. The zero-order chi connectivity index (χ0) is 15.0. The van der Waals surface area contributed by atoms with Crippen molar-refractivity contribution in [1.82, 2.24) is 0 Å². The van der Waals surface area contributed by atoms with E-state index in [4.69, 9.17) is 4.74 Å². The van der Waals surface area contributed by atoms with E-state index in [1.165, 1.54) is 0 Å². The van der Waals surface area contributed by atoms with E-state index in [-0.39, 0.29) is 12.1 Å². The third kappa shape index (κ3) is 2.64. The number of carbonyl (C=O) groups is 1. The Balaban J connectivity index is 2.08. The minimum atomic E-state index is -0.568. The SMILES string of the molecule is CC1(C)OC(=O)N(c2ccc(I)cc2)C1c1ccccc1. The minimum absolute atomic E-state index is 0.133. The predicted molar refractivity (Wildman–Crippen MR) is 91.4 cm³/mol. The summed E-state index contributed by atoms with van der Waals surface area (Å²) in [5.74, 6) is 0. The summed E-state index contributed by atoms with van der Waals surface area (Å²) in [7, 11) is 0. The molecule has 1 aliphatic heterocycles. The van der Waals surface area contributed by atoms with Gasteiger partial charge in [0.15, 0.2) is 0 Å². The molecule has 1 saturated heterocycles.